The number of carboxylic acid groups (broad SMARTS) is 1. The van der Waals surface area contributed by atoms with Gasteiger partial charge in [-0.25, -0.2) is 4.79 Å². The minimum atomic E-state index is -1.00. The molecule has 98 valence electrons. The van der Waals surface area contributed by atoms with Crippen LogP contribution in [-0.4, -0.2) is 29.3 Å². The summed E-state index contributed by atoms with van der Waals surface area (Å²) < 4.78 is 0. The van der Waals surface area contributed by atoms with E-state index in [0.29, 0.717) is 12.2 Å². The summed E-state index contributed by atoms with van der Waals surface area (Å²) in [4.78, 5) is 21.0. The summed E-state index contributed by atoms with van der Waals surface area (Å²) >= 11 is 1.49. The molecule has 0 radical (unpaired) electrons. The first kappa shape index (κ1) is 14.6. The third-order valence-electron chi connectivity index (χ3n) is 2.55. The predicted molar refractivity (Wildman–Crippen MR) is 72.6 cm³/mol. The molecule has 0 heterocycles. The molecule has 0 saturated heterocycles. The molecule has 0 aliphatic heterocycles. The summed E-state index contributed by atoms with van der Waals surface area (Å²) in [5, 5.41) is 11.1. The molecule has 1 unspecified atom stereocenters. The molecule has 1 rings (SSSR count). The zero-order valence-corrected chi connectivity index (χ0v) is 11.1. The van der Waals surface area contributed by atoms with Gasteiger partial charge in [-0.2, -0.15) is 11.8 Å². The minimum Gasteiger partial charge on any atom is -0.480 e. The van der Waals surface area contributed by atoms with E-state index in [2.05, 4.69) is 36.5 Å². The topological polar surface area (TPSA) is 66.4 Å². The second-order valence-electron chi connectivity index (χ2n) is 3.86. The number of aryl methyl sites for hydroxylation is 1. The normalized spacial score (nSPS) is 11.8. The average Bonchev–Trinajstić information content (AvgIpc) is 2.38. The molecule has 0 aliphatic carbocycles. The summed E-state index contributed by atoms with van der Waals surface area (Å²) in [6, 6.07) is 7.44. The van der Waals surface area contributed by atoms with Crippen LogP contribution in [0.2, 0.25) is 0 Å². The summed E-state index contributed by atoms with van der Waals surface area (Å²) in [7, 11) is 0. The Morgan fingerprint density at radius 2 is 2.00 bits per heavy atom. The Labute approximate surface area is 111 Å². The van der Waals surface area contributed by atoms with E-state index >= 15 is 0 Å². The summed E-state index contributed by atoms with van der Waals surface area (Å²) in [6.45, 7) is 2.10. The van der Waals surface area contributed by atoms with Gasteiger partial charge in [-0.05, 0) is 17.5 Å². The fourth-order valence-electron chi connectivity index (χ4n) is 1.44. The molecule has 1 amide bonds. The maximum atomic E-state index is 10.8. The average molecular weight is 267 g/mol. The van der Waals surface area contributed by atoms with Crippen molar-refractivity contribution in [3.05, 3.63) is 35.4 Å². The first-order chi connectivity index (χ1) is 8.67. The molecule has 5 heteroatoms. The minimum absolute atomic E-state index is 0.365. The van der Waals surface area contributed by atoms with Crippen LogP contribution in [0.3, 0.4) is 0 Å². The lowest BCUT2D eigenvalue weighted by Gasteiger charge is -2.10. The van der Waals surface area contributed by atoms with E-state index in [1.165, 1.54) is 17.3 Å². The maximum absolute atomic E-state index is 10.8. The number of aliphatic carboxylic acids is 1. The Balaban J connectivity index is 2.39. The number of carbonyl (C=O) groups excluding carboxylic acids is 1. The number of thioether (sulfide) groups is 1. The van der Waals surface area contributed by atoms with E-state index < -0.39 is 12.0 Å². The van der Waals surface area contributed by atoms with Gasteiger partial charge in [0.25, 0.3) is 0 Å². The van der Waals surface area contributed by atoms with Crippen LogP contribution in [0.4, 0.5) is 0 Å². The van der Waals surface area contributed by atoms with Crippen molar-refractivity contribution >= 4 is 24.1 Å². The van der Waals surface area contributed by atoms with Gasteiger partial charge >= 0.3 is 5.97 Å². The fraction of sp³-hybridized carbons (Fsp3) is 0.385. The second-order valence-corrected chi connectivity index (χ2v) is 4.89. The molecule has 0 saturated carbocycles. The zero-order valence-electron chi connectivity index (χ0n) is 10.3. The fourth-order valence-corrected chi connectivity index (χ4v) is 2.46. The third-order valence-corrected chi connectivity index (χ3v) is 3.66. The van der Waals surface area contributed by atoms with Crippen molar-refractivity contribution in [1.82, 2.24) is 5.32 Å². The quantitative estimate of drug-likeness (QED) is 0.703. The van der Waals surface area contributed by atoms with Crippen LogP contribution in [0, 0.1) is 0 Å². The van der Waals surface area contributed by atoms with Crippen molar-refractivity contribution in [3.8, 4) is 0 Å². The molecule has 2 N–H and O–H groups in total. The van der Waals surface area contributed by atoms with E-state index in [1.807, 2.05) is 0 Å². The van der Waals surface area contributed by atoms with Gasteiger partial charge in [0.1, 0.15) is 6.04 Å². The lowest BCUT2D eigenvalue weighted by atomic mass is 10.1. The number of amides is 1. The molecule has 18 heavy (non-hydrogen) atoms. The number of carbonyl (C=O) groups is 2. The highest BCUT2D eigenvalue weighted by molar-refractivity contribution is 7.98. The van der Waals surface area contributed by atoms with Crippen LogP contribution < -0.4 is 5.32 Å². The van der Waals surface area contributed by atoms with Gasteiger partial charge in [-0.1, -0.05) is 31.2 Å². The van der Waals surface area contributed by atoms with E-state index in [-0.39, 0.29) is 0 Å². The van der Waals surface area contributed by atoms with Crippen LogP contribution >= 0.6 is 11.8 Å². The van der Waals surface area contributed by atoms with Crippen LogP contribution in [-0.2, 0) is 21.8 Å². The van der Waals surface area contributed by atoms with Gasteiger partial charge < -0.3 is 10.4 Å². The Kier molecular flexibility index (Phi) is 6.28. The first-order valence-electron chi connectivity index (χ1n) is 5.75. The van der Waals surface area contributed by atoms with E-state index in [9.17, 15) is 9.59 Å². The maximum Gasteiger partial charge on any atom is 0.327 e. The van der Waals surface area contributed by atoms with Crippen LogP contribution in [0.15, 0.2) is 24.3 Å². The Hall–Kier alpha value is -1.49. The zero-order chi connectivity index (χ0) is 13.4. The van der Waals surface area contributed by atoms with E-state index in [4.69, 9.17) is 5.11 Å². The first-order valence-corrected chi connectivity index (χ1v) is 6.91. The Morgan fingerprint density at radius 3 is 2.50 bits per heavy atom. The number of benzene rings is 1. The number of carboxylic acids is 1. The lowest BCUT2D eigenvalue weighted by molar-refractivity contribution is -0.139. The van der Waals surface area contributed by atoms with Gasteiger partial charge in [0, 0.05) is 11.5 Å². The van der Waals surface area contributed by atoms with Gasteiger partial charge in [0.2, 0.25) is 6.41 Å². The molecule has 0 spiro atoms. The van der Waals surface area contributed by atoms with Gasteiger partial charge in [0.05, 0.1) is 0 Å². The van der Waals surface area contributed by atoms with E-state index in [1.54, 1.807) is 0 Å². The van der Waals surface area contributed by atoms with Crippen molar-refractivity contribution in [2.75, 3.05) is 5.75 Å². The van der Waals surface area contributed by atoms with Gasteiger partial charge in [0.15, 0.2) is 0 Å². The molecular formula is C13H17NO3S. The van der Waals surface area contributed by atoms with Crippen LogP contribution in [0.25, 0.3) is 0 Å². The number of hydrogen-bond donors (Lipinski definition) is 2. The van der Waals surface area contributed by atoms with Crippen molar-refractivity contribution in [1.29, 1.82) is 0 Å². The van der Waals surface area contributed by atoms with Crippen molar-refractivity contribution in [3.63, 3.8) is 0 Å². The standard InChI is InChI=1S/C13H17NO3S/c1-2-10-3-5-11(6-4-10)7-18-8-12(13(16)17)14-9-15/h3-6,9,12H,2,7-8H2,1H3,(H,14,15)(H,16,17). The molecule has 1 atom stereocenters. The molecular weight excluding hydrogens is 250 g/mol. The van der Waals surface area contributed by atoms with Gasteiger partial charge in [-0.3, -0.25) is 4.79 Å². The Bertz CT molecular complexity index is 392. The molecule has 0 fully saturated rings. The third kappa shape index (κ3) is 4.79. The predicted octanol–water partition coefficient (Wildman–Crippen LogP) is 1.68. The summed E-state index contributed by atoms with van der Waals surface area (Å²) in [5.74, 6) is 0.105. The summed E-state index contributed by atoms with van der Waals surface area (Å²) in [6.07, 6.45) is 1.44. The largest absolute Gasteiger partial charge is 0.480 e. The molecule has 0 bridgehead atoms. The molecule has 0 aliphatic rings. The highest BCUT2D eigenvalue weighted by Gasteiger charge is 2.15. The van der Waals surface area contributed by atoms with Crippen molar-refractivity contribution in [2.24, 2.45) is 0 Å². The monoisotopic (exact) mass is 267 g/mol. The number of rotatable bonds is 8. The smallest absolute Gasteiger partial charge is 0.327 e. The second kappa shape index (κ2) is 7.76. The van der Waals surface area contributed by atoms with Gasteiger partial charge in [-0.15, -0.1) is 0 Å². The number of hydrogen-bond acceptors (Lipinski definition) is 3. The highest BCUT2D eigenvalue weighted by atomic mass is 32.2. The Morgan fingerprint density at radius 1 is 1.39 bits per heavy atom. The van der Waals surface area contributed by atoms with Crippen LogP contribution in [0.1, 0.15) is 18.1 Å². The van der Waals surface area contributed by atoms with E-state index in [0.717, 1.165) is 17.7 Å². The molecule has 0 aromatic heterocycles. The van der Waals surface area contributed by atoms with Crippen molar-refractivity contribution in [2.45, 2.75) is 25.1 Å². The molecule has 1 aromatic rings. The highest BCUT2D eigenvalue weighted by Crippen LogP contribution is 2.14. The van der Waals surface area contributed by atoms with Crippen molar-refractivity contribution < 1.29 is 14.7 Å². The molecule has 1 aromatic carbocycles. The summed E-state index contributed by atoms with van der Waals surface area (Å²) in [5.41, 5.74) is 2.45. The number of nitrogens with one attached hydrogen (secondary N) is 1. The van der Waals surface area contributed by atoms with Crippen LogP contribution in [0.5, 0.6) is 0 Å². The molecule has 4 nitrogen and oxygen atoms in total. The SMILES string of the molecule is CCc1ccc(CSCC(NC=O)C(=O)O)cc1. The lowest BCUT2D eigenvalue weighted by Crippen LogP contribution is -2.37.